The normalized spacial score (nSPS) is 13.2. The van der Waals surface area contributed by atoms with Gasteiger partial charge in [0.1, 0.15) is 0 Å². The van der Waals surface area contributed by atoms with Crippen LogP contribution in [0.25, 0.3) is 0 Å². The van der Waals surface area contributed by atoms with E-state index in [4.69, 9.17) is 5.73 Å². The minimum Gasteiger partial charge on any atom is -0.327 e. The molecule has 12 heavy (non-hydrogen) atoms. The van der Waals surface area contributed by atoms with Gasteiger partial charge in [0.2, 0.25) is 0 Å². The van der Waals surface area contributed by atoms with Gasteiger partial charge in [0.25, 0.3) is 0 Å². The third-order valence-electron chi connectivity index (χ3n) is 1.64. The van der Waals surface area contributed by atoms with Crippen LogP contribution in [0.15, 0.2) is 0 Å². The fourth-order valence-corrected chi connectivity index (χ4v) is 2.63. The molecule has 0 spiro atoms. The van der Waals surface area contributed by atoms with Gasteiger partial charge in [-0.25, -0.2) is 0 Å². The summed E-state index contributed by atoms with van der Waals surface area (Å²) in [5, 5.41) is 0. The van der Waals surface area contributed by atoms with Gasteiger partial charge in [-0.05, 0) is 30.1 Å². The van der Waals surface area contributed by atoms with Crippen molar-refractivity contribution in [3.05, 3.63) is 0 Å². The summed E-state index contributed by atoms with van der Waals surface area (Å²) in [5.74, 6) is 4.97. The van der Waals surface area contributed by atoms with Crippen molar-refractivity contribution in [1.29, 1.82) is 0 Å². The van der Waals surface area contributed by atoms with Crippen molar-refractivity contribution in [2.45, 2.75) is 32.7 Å². The van der Waals surface area contributed by atoms with E-state index in [-0.39, 0.29) is 0 Å². The molecule has 0 aromatic heterocycles. The molecule has 74 valence electrons. The van der Waals surface area contributed by atoms with Crippen molar-refractivity contribution in [2.75, 3.05) is 23.0 Å². The van der Waals surface area contributed by atoms with Crippen molar-refractivity contribution in [1.82, 2.24) is 0 Å². The number of rotatable bonds is 8. The van der Waals surface area contributed by atoms with Gasteiger partial charge in [0.15, 0.2) is 0 Å². The highest BCUT2D eigenvalue weighted by atomic mass is 32.2. The molecule has 1 unspecified atom stereocenters. The monoisotopic (exact) mass is 207 g/mol. The average molecular weight is 207 g/mol. The van der Waals surface area contributed by atoms with E-state index in [1.165, 1.54) is 23.7 Å². The van der Waals surface area contributed by atoms with Crippen LogP contribution >= 0.6 is 23.5 Å². The lowest BCUT2D eigenvalue weighted by molar-refractivity contribution is 0.724. The van der Waals surface area contributed by atoms with E-state index in [2.05, 4.69) is 13.8 Å². The first-order valence-corrected chi connectivity index (χ1v) is 7.03. The van der Waals surface area contributed by atoms with Gasteiger partial charge in [-0.15, -0.1) is 0 Å². The van der Waals surface area contributed by atoms with Crippen molar-refractivity contribution in [2.24, 2.45) is 5.73 Å². The molecule has 0 bridgehead atoms. The molecule has 0 radical (unpaired) electrons. The molecular weight excluding hydrogens is 186 g/mol. The van der Waals surface area contributed by atoms with Crippen LogP contribution < -0.4 is 5.73 Å². The van der Waals surface area contributed by atoms with Crippen LogP contribution in [0.1, 0.15) is 26.7 Å². The second-order valence-electron chi connectivity index (χ2n) is 2.79. The lowest BCUT2D eigenvalue weighted by Gasteiger charge is -2.07. The minimum atomic E-state index is 0.411. The highest BCUT2D eigenvalue weighted by Gasteiger charge is 1.97. The Morgan fingerprint density at radius 3 is 2.42 bits per heavy atom. The number of thioether (sulfide) groups is 2. The smallest absolute Gasteiger partial charge is 0.0127 e. The first-order chi connectivity index (χ1) is 5.81. The van der Waals surface area contributed by atoms with Gasteiger partial charge in [-0.2, -0.15) is 23.5 Å². The molecule has 1 atom stereocenters. The Morgan fingerprint density at radius 1 is 1.17 bits per heavy atom. The summed E-state index contributed by atoms with van der Waals surface area (Å²) in [6.07, 6.45) is 2.44. The van der Waals surface area contributed by atoms with Crippen molar-refractivity contribution >= 4 is 23.5 Å². The summed E-state index contributed by atoms with van der Waals surface area (Å²) in [6.45, 7) is 4.36. The van der Waals surface area contributed by atoms with Crippen molar-refractivity contribution in [3.8, 4) is 0 Å². The van der Waals surface area contributed by atoms with E-state index < -0.39 is 0 Å². The molecule has 0 fully saturated rings. The lowest BCUT2D eigenvalue weighted by Crippen LogP contribution is -2.21. The van der Waals surface area contributed by atoms with E-state index in [1.54, 1.807) is 0 Å². The summed E-state index contributed by atoms with van der Waals surface area (Å²) in [5.41, 5.74) is 5.79. The summed E-state index contributed by atoms with van der Waals surface area (Å²) in [4.78, 5) is 0. The Labute approximate surface area is 85.2 Å². The topological polar surface area (TPSA) is 26.0 Å². The van der Waals surface area contributed by atoms with Crippen LogP contribution in [0, 0.1) is 0 Å². The zero-order valence-corrected chi connectivity index (χ0v) is 9.85. The summed E-state index contributed by atoms with van der Waals surface area (Å²) >= 11 is 4.03. The molecule has 0 aromatic rings. The first kappa shape index (κ1) is 12.7. The van der Waals surface area contributed by atoms with E-state index in [0.717, 1.165) is 12.2 Å². The second kappa shape index (κ2) is 9.75. The van der Waals surface area contributed by atoms with Crippen LogP contribution in [0.3, 0.4) is 0 Å². The molecule has 3 heteroatoms. The van der Waals surface area contributed by atoms with Gasteiger partial charge in [0, 0.05) is 11.8 Å². The SMILES string of the molecule is CCSCCCSCC(N)CC. The number of nitrogens with two attached hydrogens (primary N) is 1. The molecular formula is C9H21NS2. The standard InChI is InChI=1S/C9H21NS2/c1-3-9(10)8-12-7-5-6-11-4-2/h9H,3-8,10H2,1-2H3. The fraction of sp³-hybridized carbons (Fsp3) is 1.00. The maximum Gasteiger partial charge on any atom is 0.0127 e. The zero-order chi connectivity index (χ0) is 9.23. The second-order valence-corrected chi connectivity index (χ2v) is 5.34. The van der Waals surface area contributed by atoms with Gasteiger partial charge >= 0.3 is 0 Å². The highest BCUT2D eigenvalue weighted by Crippen LogP contribution is 2.08. The molecule has 0 aromatic carbocycles. The van der Waals surface area contributed by atoms with E-state index in [9.17, 15) is 0 Å². The Morgan fingerprint density at radius 2 is 1.83 bits per heavy atom. The summed E-state index contributed by atoms with van der Waals surface area (Å²) in [6, 6.07) is 0.411. The molecule has 1 nitrogen and oxygen atoms in total. The molecule has 0 saturated heterocycles. The molecule has 0 amide bonds. The predicted molar refractivity (Wildman–Crippen MR) is 63.2 cm³/mol. The minimum absolute atomic E-state index is 0.411. The molecule has 0 aliphatic heterocycles. The lowest BCUT2D eigenvalue weighted by atomic mass is 10.3. The van der Waals surface area contributed by atoms with Crippen LogP contribution in [0.5, 0.6) is 0 Å². The third kappa shape index (κ3) is 8.75. The third-order valence-corrected chi connectivity index (χ3v) is 3.86. The van der Waals surface area contributed by atoms with Gasteiger partial charge in [-0.1, -0.05) is 13.8 Å². The number of hydrogen-bond donors (Lipinski definition) is 1. The Balaban J connectivity index is 2.90. The predicted octanol–water partition coefficient (Wildman–Crippen LogP) is 2.60. The Bertz CT molecular complexity index is 88.6. The molecule has 0 aliphatic rings. The van der Waals surface area contributed by atoms with Gasteiger partial charge in [0.05, 0.1) is 0 Å². The average Bonchev–Trinajstić information content (AvgIpc) is 2.10. The van der Waals surface area contributed by atoms with E-state index in [0.29, 0.717) is 6.04 Å². The van der Waals surface area contributed by atoms with Crippen LogP contribution in [0.4, 0.5) is 0 Å². The zero-order valence-electron chi connectivity index (χ0n) is 8.21. The summed E-state index contributed by atoms with van der Waals surface area (Å²) in [7, 11) is 0. The largest absolute Gasteiger partial charge is 0.327 e. The van der Waals surface area contributed by atoms with Gasteiger partial charge in [-0.3, -0.25) is 0 Å². The Kier molecular flexibility index (Phi) is 10.3. The maximum atomic E-state index is 5.79. The number of hydrogen-bond acceptors (Lipinski definition) is 3. The quantitative estimate of drug-likeness (QED) is 0.620. The van der Waals surface area contributed by atoms with Crippen LogP contribution in [0.2, 0.25) is 0 Å². The Hall–Kier alpha value is 0.660. The molecule has 0 rings (SSSR count). The molecule has 0 saturated carbocycles. The summed E-state index contributed by atoms with van der Waals surface area (Å²) < 4.78 is 0. The molecule has 2 N–H and O–H groups in total. The first-order valence-electron chi connectivity index (χ1n) is 4.72. The van der Waals surface area contributed by atoms with Crippen molar-refractivity contribution < 1.29 is 0 Å². The molecule has 0 heterocycles. The van der Waals surface area contributed by atoms with E-state index >= 15 is 0 Å². The molecule has 0 aliphatic carbocycles. The van der Waals surface area contributed by atoms with E-state index in [1.807, 2.05) is 23.5 Å². The van der Waals surface area contributed by atoms with Crippen LogP contribution in [-0.4, -0.2) is 29.1 Å². The fourth-order valence-electron chi connectivity index (χ4n) is 0.760. The highest BCUT2D eigenvalue weighted by molar-refractivity contribution is 8.00. The van der Waals surface area contributed by atoms with Crippen molar-refractivity contribution in [3.63, 3.8) is 0 Å². The van der Waals surface area contributed by atoms with Gasteiger partial charge < -0.3 is 5.73 Å². The maximum absolute atomic E-state index is 5.79. The van der Waals surface area contributed by atoms with Crippen LogP contribution in [-0.2, 0) is 0 Å².